The molecule has 7 nitrogen and oxygen atoms in total. The van der Waals surface area contributed by atoms with Crippen molar-refractivity contribution in [3.63, 3.8) is 0 Å². The van der Waals surface area contributed by atoms with E-state index >= 15 is 0 Å². The molecule has 0 bridgehead atoms. The summed E-state index contributed by atoms with van der Waals surface area (Å²) in [5, 5.41) is 9.21. The molecule has 2 saturated heterocycles. The van der Waals surface area contributed by atoms with Gasteiger partial charge in [-0.25, -0.2) is 4.98 Å². The molecule has 0 radical (unpaired) electrons. The van der Waals surface area contributed by atoms with Crippen LogP contribution in [0, 0.1) is 6.92 Å². The minimum atomic E-state index is 0.380. The second kappa shape index (κ2) is 6.93. The van der Waals surface area contributed by atoms with Crippen LogP contribution in [0.25, 0.3) is 0 Å². The van der Waals surface area contributed by atoms with Gasteiger partial charge in [-0.3, -0.25) is 4.79 Å². The van der Waals surface area contributed by atoms with E-state index in [1.165, 1.54) is 0 Å². The zero-order valence-corrected chi connectivity index (χ0v) is 12.7. The second-order valence-electron chi connectivity index (χ2n) is 5.69. The predicted molar refractivity (Wildman–Crippen MR) is 82.5 cm³/mol. The van der Waals surface area contributed by atoms with E-state index < -0.39 is 0 Å². The van der Waals surface area contributed by atoms with Crippen molar-refractivity contribution < 1.29 is 14.3 Å². The van der Waals surface area contributed by atoms with E-state index in [2.05, 4.69) is 20.9 Å². The molecular weight excluding hydrogens is 284 g/mol. The van der Waals surface area contributed by atoms with E-state index in [-0.39, 0.29) is 0 Å². The number of carbonyl (C=O) groups is 1. The molecule has 2 aliphatic heterocycles. The molecule has 0 aromatic carbocycles. The molecule has 1 aromatic rings. The largest absolute Gasteiger partial charge is 0.486 e. The summed E-state index contributed by atoms with van der Waals surface area (Å²) in [5.41, 5.74) is 1.35. The summed E-state index contributed by atoms with van der Waals surface area (Å²) in [4.78, 5) is 15.1. The van der Waals surface area contributed by atoms with Crippen LogP contribution in [0.3, 0.4) is 0 Å². The van der Waals surface area contributed by atoms with Crippen molar-refractivity contribution in [3.8, 4) is 11.6 Å². The quantitative estimate of drug-likeness (QED) is 0.604. The molecule has 2 aliphatic rings. The molecule has 0 aliphatic carbocycles. The smallest absolute Gasteiger partial charge is 0.257 e. The standard InChI is InChI=1S/C15H22N4O3/c1-10-13(18-9-20)6-14(21-7-11-2-4-16-11)15(19-10)22-8-12-3-5-17-12/h6,9,11-12,16-17H,2-5,7-8H2,1H3,(H,18,20)/t11-,12-/m1/s1. The van der Waals surface area contributed by atoms with Gasteiger partial charge in [-0.1, -0.05) is 0 Å². The number of ether oxygens (including phenoxy) is 2. The van der Waals surface area contributed by atoms with Crippen LogP contribution in [0.5, 0.6) is 11.6 Å². The van der Waals surface area contributed by atoms with Crippen LogP contribution in [-0.2, 0) is 4.79 Å². The van der Waals surface area contributed by atoms with Crippen molar-refractivity contribution in [1.82, 2.24) is 15.6 Å². The number of amides is 1. The SMILES string of the molecule is Cc1nc(OC[C@H]2CCN2)c(OC[C@H]2CCN2)cc1NC=O. The lowest BCUT2D eigenvalue weighted by molar-refractivity contribution is -0.105. The lowest BCUT2D eigenvalue weighted by Gasteiger charge is -2.29. The minimum Gasteiger partial charge on any atom is -0.486 e. The maximum absolute atomic E-state index is 10.7. The van der Waals surface area contributed by atoms with Gasteiger partial charge in [0.2, 0.25) is 6.41 Å². The van der Waals surface area contributed by atoms with E-state index in [0.29, 0.717) is 54.7 Å². The van der Waals surface area contributed by atoms with E-state index in [4.69, 9.17) is 9.47 Å². The first-order valence-corrected chi connectivity index (χ1v) is 7.70. The Morgan fingerprint density at radius 1 is 1.27 bits per heavy atom. The number of aryl methyl sites for hydroxylation is 1. The highest BCUT2D eigenvalue weighted by Gasteiger charge is 2.21. The highest BCUT2D eigenvalue weighted by atomic mass is 16.5. The molecule has 1 amide bonds. The number of nitrogens with zero attached hydrogens (tertiary/aromatic N) is 1. The number of carbonyl (C=O) groups excluding carboxylic acids is 1. The van der Waals surface area contributed by atoms with E-state index in [9.17, 15) is 4.79 Å². The summed E-state index contributed by atoms with van der Waals surface area (Å²) in [6.07, 6.45) is 2.87. The van der Waals surface area contributed by atoms with Gasteiger partial charge >= 0.3 is 0 Å². The first-order chi connectivity index (χ1) is 10.8. The first-order valence-electron chi connectivity index (χ1n) is 7.70. The highest BCUT2D eigenvalue weighted by molar-refractivity contribution is 5.73. The highest BCUT2D eigenvalue weighted by Crippen LogP contribution is 2.31. The van der Waals surface area contributed by atoms with Crippen molar-refractivity contribution in [3.05, 3.63) is 11.8 Å². The molecule has 2 fully saturated rings. The number of pyridine rings is 1. The Balaban J connectivity index is 1.70. The van der Waals surface area contributed by atoms with E-state index in [1.807, 2.05) is 6.92 Å². The van der Waals surface area contributed by atoms with Crippen LogP contribution in [0.2, 0.25) is 0 Å². The normalized spacial score (nSPS) is 23.1. The van der Waals surface area contributed by atoms with Crippen LogP contribution >= 0.6 is 0 Å². The molecule has 3 rings (SSSR count). The fourth-order valence-corrected chi connectivity index (χ4v) is 2.33. The monoisotopic (exact) mass is 306 g/mol. The molecule has 2 atom stereocenters. The van der Waals surface area contributed by atoms with E-state index in [0.717, 1.165) is 25.9 Å². The topological polar surface area (TPSA) is 84.5 Å². The Morgan fingerprint density at radius 3 is 2.45 bits per heavy atom. The van der Waals surface area contributed by atoms with Gasteiger partial charge in [0.05, 0.1) is 11.4 Å². The second-order valence-corrected chi connectivity index (χ2v) is 5.69. The van der Waals surface area contributed by atoms with Crippen LogP contribution < -0.4 is 25.4 Å². The number of hydrogen-bond acceptors (Lipinski definition) is 6. The Labute approximate surface area is 129 Å². The zero-order chi connectivity index (χ0) is 15.4. The maximum Gasteiger partial charge on any atom is 0.257 e. The number of hydrogen-bond donors (Lipinski definition) is 3. The Morgan fingerprint density at radius 2 is 1.91 bits per heavy atom. The summed E-state index contributed by atoms with van der Waals surface area (Å²) in [6, 6.07) is 2.54. The molecule has 3 heterocycles. The van der Waals surface area contributed by atoms with Gasteiger partial charge in [-0.15, -0.1) is 0 Å². The lowest BCUT2D eigenvalue weighted by Crippen LogP contribution is -2.47. The van der Waals surface area contributed by atoms with Gasteiger partial charge in [-0.05, 0) is 32.9 Å². The molecule has 7 heteroatoms. The fourth-order valence-electron chi connectivity index (χ4n) is 2.33. The van der Waals surface area contributed by atoms with Crippen molar-refractivity contribution in [2.45, 2.75) is 31.8 Å². The average molecular weight is 306 g/mol. The minimum absolute atomic E-state index is 0.380. The molecular formula is C15H22N4O3. The van der Waals surface area contributed by atoms with Crippen molar-refractivity contribution in [2.24, 2.45) is 0 Å². The van der Waals surface area contributed by atoms with Crippen molar-refractivity contribution >= 4 is 12.1 Å². The third kappa shape index (κ3) is 3.48. The van der Waals surface area contributed by atoms with E-state index in [1.54, 1.807) is 6.07 Å². The Bertz CT molecular complexity index is 530. The third-order valence-electron chi connectivity index (χ3n) is 4.07. The Kier molecular flexibility index (Phi) is 4.74. The van der Waals surface area contributed by atoms with Gasteiger partial charge in [0.25, 0.3) is 5.88 Å². The predicted octanol–water partition coefficient (Wildman–Crippen LogP) is 0.440. The summed E-state index contributed by atoms with van der Waals surface area (Å²) in [6.45, 7) is 5.06. The lowest BCUT2D eigenvalue weighted by atomic mass is 10.1. The van der Waals surface area contributed by atoms with Crippen molar-refractivity contribution in [2.75, 3.05) is 31.6 Å². The zero-order valence-electron chi connectivity index (χ0n) is 12.7. The number of nitrogens with one attached hydrogen (secondary N) is 3. The maximum atomic E-state index is 10.7. The summed E-state index contributed by atoms with van der Waals surface area (Å²) >= 11 is 0. The van der Waals surface area contributed by atoms with Gasteiger partial charge in [0.1, 0.15) is 13.2 Å². The van der Waals surface area contributed by atoms with Crippen LogP contribution in [0.4, 0.5) is 5.69 Å². The first kappa shape index (κ1) is 15.1. The number of aromatic nitrogens is 1. The molecule has 0 spiro atoms. The van der Waals surface area contributed by atoms with Crippen LogP contribution in [0.15, 0.2) is 6.07 Å². The molecule has 0 unspecified atom stereocenters. The average Bonchev–Trinajstić information content (AvgIpc) is 2.39. The number of anilines is 1. The summed E-state index contributed by atoms with van der Waals surface area (Å²) in [5.74, 6) is 1.06. The van der Waals surface area contributed by atoms with Gasteiger partial charge < -0.3 is 25.4 Å². The number of rotatable bonds is 8. The fraction of sp³-hybridized carbons (Fsp3) is 0.600. The molecule has 22 heavy (non-hydrogen) atoms. The summed E-state index contributed by atoms with van der Waals surface area (Å²) in [7, 11) is 0. The van der Waals surface area contributed by atoms with Crippen LogP contribution in [-0.4, -0.2) is 49.8 Å². The molecule has 1 aromatic heterocycles. The van der Waals surface area contributed by atoms with Gasteiger partial charge in [0, 0.05) is 18.2 Å². The van der Waals surface area contributed by atoms with Gasteiger partial charge in [0.15, 0.2) is 5.75 Å². The van der Waals surface area contributed by atoms with Crippen molar-refractivity contribution in [1.29, 1.82) is 0 Å². The molecule has 3 N–H and O–H groups in total. The Hall–Kier alpha value is -1.86. The van der Waals surface area contributed by atoms with Gasteiger partial charge in [-0.2, -0.15) is 0 Å². The summed E-state index contributed by atoms with van der Waals surface area (Å²) < 4.78 is 11.6. The van der Waals surface area contributed by atoms with Crippen LogP contribution in [0.1, 0.15) is 18.5 Å². The third-order valence-corrected chi connectivity index (χ3v) is 4.07. The molecule has 120 valence electrons. The molecule has 0 saturated carbocycles.